The number of ether oxygens (including phenoxy) is 1. The standard InChI is InChI=1S/C21H20ClNO5/c1-28-12-2-11-23-18(13-5-9-16(24)10-6-13)17(20(26)21(23)27)19(25)14-3-7-15(22)8-4-14/h3-10,18,24-25H,2,11-12H2,1H3/t18-/m1/s1. The second kappa shape index (κ2) is 8.46. The van der Waals surface area contributed by atoms with E-state index in [9.17, 15) is 19.8 Å². The van der Waals surface area contributed by atoms with Crippen molar-refractivity contribution >= 4 is 29.1 Å². The van der Waals surface area contributed by atoms with E-state index in [4.69, 9.17) is 16.3 Å². The number of nitrogens with zero attached hydrogens (tertiary/aromatic N) is 1. The lowest BCUT2D eigenvalue weighted by molar-refractivity contribution is -0.140. The fourth-order valence-corrected chi connectivity index (χ4v) is 3.38. The summed E-state index contributed by atoms with van der Waals surface area (Å²) in [5.41, 5.74) is 1.02. The normalized spacial score (nSPS) is 18.6. The first kappa shape index (κ1) is 19.9. The Bertz CT molecular complexity index is 905. The quantitative estimate of drug-likeness (QED) is 0.335. The molecule has 7 heteroatoms. The zero-order valence-electron chi connectivity index (χ0n) is 15.3. The largest absolute Gasteiger partial charge is 0.508 e. The maximum absolute atomic E-state index is 12.8. The Hall–Kier alpha value is -2.83. The van der Waals surface area contributed by atoms with Crippen LogP contribution in [0.5, 0.6) is 5.75 Å². The molecule has 1 fully saturated rings. The Morgan fingerprint density at radius 1 is 1.11 bits per heavy atom. The lowest BCUT2D eigenvalue weighted by Crippen LogP contribution is -2.31. The highest BCUT2D eigenvalue weighted by Gasteiger charge is 2.45. The number of Topliss-reactive ketones (excluding diaryl/α,β-unsaturated/α-hetero) is 1. The van der Waals surface area contributed by atoms with Crippen LogP contribution in [0, 0.1) is 0 Å². The number of rotatable bonds is 6. The number of ketones is 1. The Morgan fingerprint density at radius 3 is 2.36 bits per heavy atom. The van der Waals surface area contributed by atoms with E-state index in [0.717, 1.165) is 0 Å². The second-order valence-electron chi connectivity index (χ2n) is 6.44. The van der Waals surface area contributed by atoms with Crippen LogP contribution in [0.2, 0.25) is 5.02 Å². The summed E-state index contributed by atoms with van der Waals surface area (Å²) < 4.78 is 5.05. The Morgan fingerprint density at radius 2 is 1.75 bits per heavy atom. The van der Waals surface area contributed by atoms with Gasteiger partial charge in [-0.3, -0.25) is 9.59 Å². The molecule has 28 heavy (non-hydrogen) atoms. The molecule has 0 bridgehead atoms. The van der Waals surface area contributed by atoms with Crippen LogP contribution in [0.25, 0.3) is 5.76 Å². The summed E-state index contributed by atoms with van der Waals surface area (Å²) in [5, 5.41) is 20.9. The van der Waals surface area contributed by atoms with Crippen LogP contribution >= 0.6 is 11.6 Å². The molecule has 1 heterocycles. The molecule has 0 aliphatic carbocycles. The lowest BCUT2D eigenvalue weighted by Gasteiger charge is -2.25. The minimum atomic E-state index is -0.756. The van der Waals surface area contributed by atoms with Crippen molar-refractivity contribution in [1.82, 2.24) is 4.90 Å². The van der Waals surface area contributed by atoms with Crippen molar-refractivity contribution in [2.24, 2.45) is 0 Å². The van der Waals surface area contributed by atoms with Crippen molar-refractivity contribution in [2.45, 2.75) is 12.5 Å². The van der Waals surface area contributed by atoms with Gasteiger partial charge in [0.05, 0.1) is 11.6 Å². The fraction of sp³-hybridized carbons (Fsp3) is 0.238. The van der Waals surface area contributed by atoms with E-state index in [1.165, 1.54) is 17.0 Å². The SMILES string of the molecule is COCCCN1C(=O)C(=O)C(=C(O)c2ccc(Cl)cc2)[C@H]1c1ccc(O)cc1. The van der Waals surface area contributed by atoms with E-state index >= 15 is 0 Å². The van der Waals surface area contributed by atoms with Crippen LogP contribution in [-0.2, 0) is 14.3 Å². The van der Waals surface area contributed by atoms with Crippen molar-refractivity contribution in [3.63, 3.8) is 0 Å². The number of carbonyl (C=O) groups is 2. The highest BCUT2D eigenvalue weighted by atomic mass is 35.5. The van der Waals surface area contributed by atoms with E-state index in [0.29, 0.717) is 35.7 Å². The molecule has 3 rings (SSSR count). The van der Waals surface area contributed by atoms with Gasteiger partial charge in [-0.2, -0.15) is 0 Å². The first-order chi connectivity index (χ1) is 13.4. The second-order valence-corrected chi connectivity index (χ2v) is 6.87. The third-order valence-electron chi connectivity index (χ3n) is 4.61. The molecule has 0 spiro atoms. The van der Waals surface area contributed by atoms with Crippen LogP contribution < -0.4 is 0 Å². The molecule has 146 valence electrons. The maximum atomic E-state index is 12.8. The first-order valence-corrected chi connectivity index (χ1v) is 9.14. The summed E-state index contributed by atoms with van der Waals surface area (Å²) in [6, 6.07) is 11.8. The van der Waals surface area contributed by atoms with Crippen molar-refractivity contribution in [2.75, 3.05) is 20.3 Å². The van der Waals surface area contributed by atoms with Gasteiger partial charge in [0, 0.05) is 30.8 Å². The molecule has 2 aromatic rings. The van der Waals surface area contributed by atoms with Crippen molar-refractivity contribution in [3.8, 4) is 5.75 Å². The van der Waals surface area contributed by atoms with E-state index < -0.39 is 17.7 Å². The van der Waals surface area contributed by atoms with E-state index in [-0.39, 0.29) is 17.1 Å². The molecule has 1 atom stereocenters. The van der Waals surface area contributed by atoms with Gasteiger partial charge in [0.25, 0.3) is 11.7 Å². The van der Waals surface area contributed by atoms with Crippen LogP contribution in [0.15, 0.2) is 54.1 Å². The number of likely N-dealkylation sites (tertiary alicyclic amines) is 1. The summed E-state index contributed by atoms with van der Waals surface area (Å²) in [7, 11) is 1.56. The molecule has 0 aromatic heterocycles. The molecule has 1 amide bonds. The molecular formula is C21H20ClNO5. The van der Waals surface area contributed by atoms with Gasteiger partial charge < -0.3 is 19.8 Å². The highest BCUT2D eigenvalue weighted by molar-refractivity contribution is 6.46. The molecule has 0 unspecified atom stereocenters. The van der Waals surface area contributed by atoms with Gasteiger partial charge in [-0.1, -0.05) is 23.7 Å². The predicted octanol–water partition coefficient (Wildman–Crippen LogP) is 3.50. The third-order valence-corrected chi connectivity index (χ3v) is 4.87. The Balaban J connectivity index is 2.10. The van der Waals surface area contributed by atoms with Gasteiger partial charge >= 0.3 is 0 Å². The summed E-state index contributed by atoms with van der Waals surface area (Å²) in [6.07, 6.45) is 0.541. The summed E-state index contributed by atoms with van der Waals surface area (Å²) in [5.74, 6) is -1.62. The van der Waals surface area contributed by atoms with Gasteiger partial charge in [0.15, 0.2) is 0 Å². The van der Waals surface area contributed by atoms with Gasteiger partial charge in [-0.05, 0) is 48.4 Å². The average molecular weight is 402 g/mol. The van der Waals surface area contributed by atoms with Gasteiger partial charge in [-0.15, -0.1) is 0 Å². The molecule has 0 radical (unpaired) electrons. The zero-order valence-corrected chi connectivity index (χ0v) is 16.0. The summed E-state index contributed by atoms with van der Waals surface area (Å²) in [6.45, 7) is 0.726. The van der Waals surface area contributed by atoms with Crippen LogP contribution in [0.4, 0.5) is 0 Å². The number of benzene rings is 2. The number of phenols is 1. The molecule has 0 saturated carbocycles. The minimum Gasteiger partial charge on any atom is -0.508 e. The number of hydrogen-bond acceptors (Lipinski definition) is 5. The van der Waals surface area contributed by atoms with E-state index in [1.807, 2.05) is 0 Å². The number of aromatic hydroxyl groups is 1. The number of amides is 1. The number of hydrogen-bond donors (Lipinski definition) is 2. The van der Waals surface area contributed by atoms with Crippen molar-refractivity contribution in [3.05, 3.63) is 70.3 Å². The third kappa shape index (κ3) is 3.88. The van der Waals surface area contributed by atoms with E-state index in [2.05, 4.69) is 0 Å². The maximum Gasteiger partial charge on any atom is 0.295 e. The van der Waals surface area contributed by atoms with Gasteiger partial charge in [-0.25, -0.2) is 0 Å². The van der Waals surface area contributed by atoms with Crippen molar-refractivity contribution < 1.29 is 24.5 Å². The number of phenolic OH excluding ortho intramolecular Hbond substituents is 1. The Kier molecular flexibility index (Phi) is 6.02. The summed E-state index contributed by atoms with van der Waals surface area (Å²) >= 11 is 5.90. The summed E-state index contributed by atoms with van der Waals surface area (Å²) in [4.78, 5) is 26.9. The lowest BCUT2D eigenvalue weighted by atomic mass is 9.95. The molecule has 1 aliphatic rings. The minimum absolute atomic E-state index is 0.00966. The van der Waals surface area contributed by atoms with Crippen LogP contribution in [0.1, 0.15) is 23.6 Å². The average Bonchev–Trinajstić information content (AvgIpc) is 2.94. The number of aliphatic hydroxyl groups is 1. The number of aliphatic hydroxyl groups excluding tert-OH is 1. The highest BCUT2D eigenvalue weighted by Crippen LogP contribution is 2.39. The molecule has 1 saturated heterocycles. The topological polar surface area (TPSA) is 87.1 Å². The number of halogens is 1. The number of methoxy groups -OCH3 is 1. The van der Waals surface area contributed by atoms with Crippen LogP contribution in [-0.4, -0.2) is 47.1 Å². The molecule has 6 nitrogen and oxygen atoms in total. The predicted molar refractivity (Wildman–Crippen MR) is 105 cm³/mol. The smallest absolute Gasteiger partial charge is 0.295 e. The van der Waals surface area contributed by atoms with Gasteiger partial charge in [0.2, 0.25) is 0 Å². The van der Waals surface area contributed by atoms with Crippen molar-refractivity contribution in [1.29, 1.82) is 0 Å². The molecule has 2 N–H and O–H groups in total. The molecule has 1 aliphatic heterocycles. The van der Waals surface area contributed by atoms with Gasteiger partial charge in [0.1, 0.15) is 11.5 Å². The first-order valence-electron chi connectivity index (χ1n) is 8.76. The van der Waals surface area contributed by atoms with Crippen LogP contribution in [0.3, 0.4) is 0 Å². The Labute approximate surface area is 167 Å². The monoisotopic (exact) mass is 401 g/mol. The number of carbonyl (C=O) groups excluding carboxylic acids is 2. The fourth-order valence-electron chi connectivity index (χ4n) is 3.26. The van der Waals surface area contributed by atoms with E-state index in [1.54, 1.807) is 43.5 Å². The zero-order chi connectivity index (χ0) is 20.3. The molecule has 2 aromatic carbocycles. The molecular weight excluding hydrogens is 382 g/mol.